The molecule has 2 aliphatic heterocycles. The van der Waals surface area contributed by atoms with Gasteiger partial charge in [-0.15, -0.1) is 0 Å². The Labute approximate surface area is 79.8 Å². The Morgan fingerprint density at radius 2 is 2.08 bits per heavy atom. The van der Waals surface area contributed by atoms with Crippen molar-refractivity contribution < 1.29 is 9.47 Å². The van der Waals surface area contributed by atoms with Crippen LogP contribution in [0.3, 0.4) is 0 Å². The van der Waals surface area contributed by atoms with Gasteiger partial charge in [0.1, 0.15) is 5.60 Å². The van der Waals surface area contributed by atoms with E-state index in [2.05, 4.69) is 26.1 Å². The van der Waals surface area contributed by atoms with E-state index in [0.717, 1.165) is 26.2 Å². The zero-order valence-corrected chi connectivity index (χ0v) is 8.72. The topological polar surface area (TPSA) is 30.5 Å². The molecule has 3 nitrogen and oxygen atoms in total. The summed E-state index contributed by atoms with van der Waals surface area (Å²) in [7, 11) is 0. The van der Waals surface area contributed by atoms with Crippen LogP contribution < -0.4 is 5.32 Å². The van der Waals surface area contributed by atoms with E-state index < -0.39 is 0 Å². The zero-order chi connectivity index (χ0) is 9.53. The van der Waals surface area contributed by atoms with E-state index in [-0.39, 0.29) is 11.2 Å². The second-order valence-corrected chi connectivity index (χ2v) is 4.81. The van der Waals surface area contributed by atoms with Gasteiger partial charge in [-0.2, -0.15) is 0 Å². The summed E-state index contributed by atoms with van der Waals surface area (Å²) in [5.41, 5.74) is -0.0883. The van der Waals surface area contributed by atoms with Crippen molar-refractivity contribution in [3.05, 3.63) is 0 Å². The first-order valence-electron chi connectivity index (χ1n) is 5.05. The SMILES string of the molecule is CC1NCCOC12COC(C)(C)C2. The average molecular weight is 185 g/mol. The van der Waals surface area contributed by atoms with Crippen molar-refractivity contribution in [3.63, 3.8) is 0 Å². The first-order valence-corrected chi connectivity index (χ1v) is 5.05. The van der Waals surface area contributed by atoms with Crippen LogP contribution in [-0.2, 0) is 9.47 Å². The van der Waals surface area contributed by atoms with Crippen molar-refractivity contribution in [3.8, 4) is 0 Å². The molecule has 0 aliphatic carbocycles. The third-order valence-electron chi connectivity index (χ3n) is 3.16. The van der Waals surface area contributed by atoms with Gasteiger partial charge in [0.25, 0.3) is 0 Å². The predicted molar refractivity (Wildman–Crippen MR) is 50.8 cm³/mol. The molecule has 1 spiro atoms. The average Bonchev–Trinajstić information content (AvgIpc) is 2.35. The molecule has 0 saturated carbocycles. The molecule has 2 unspecified atom stereocenters. The van der Waals surface area contributed by atoms with Crippen molar-refractivity contribution in [1.29, 1.82) is 0 Å². The molecule has 2 aliphatic rings. The Morgan fingerprint density at radius 3 is 2.62 bits per heavy atom. The fourth-order valence-corrected chi connectivity index (χ4v) is 2.35. The highest BCUT2D eigenvalue weighted by Crippen LogP contribution is 2.38. The fourth-order valence-electron chi connectivity index (χ4n) is 2.35. The molecule has 0 aromatic carbocycles. The van der Waals surface area contributed by atoms with E-state index >= 15 is 0 Å². The molecule has 76 valence electrons. The van der Waals surface area contributed by atoms with Crippen LogP contribution in [0.1, 0.15) is 27.2 Å². The molecule has 2 atom stereocenters. The maximum atomic E-state index is 5.89. The van der Waals surface area contributed by atoms with Crippen LogP contribution >= 0.6 is 0 Å². The van der Waals surface area contributed by atoms with Crippen molar-refractivity contribution in [2.45, 2.75) is 44.4 Å². The lowest BCUT2D eigenvalue weighted by Gasteiger charge is -2.39. The molecule has 1 N–H and O–H groups in total. The normalized spacial score (nSPS) is 44.1. The summed E-state index contributed by atoms with van der Waals surface area (Å²) in [5, 5.41) is 3.45. The molecule has 2 fully saturated rings. The summed E-state index contributed by atoms with van der Waals surface area (Å²) in [5.74, 6) is 0. The van der Waals surface area contributed by atoms with Gasteiger partial charge < -0.3 is 14.8 Å². The summed E-state index contributed by atoms with van der Waals surface area (Å²) in [4.78, 5) is 0. The minimum absolute atomic E-state index is 0.0206. The molecule has 2 rings (SSSR count). The van der Waals surface area contributed by atoms with Crippen molar-refractivity contribution in [2.24, 2.45) is 0 Å². The third kappa shape index (κ3) is 1.60. The Hall–Kier alpha value is -0.120. The Kier molecular flexibility index (Phi) is 2.13. The highest BCUT2D eigenvalue weighted by molar-refractivity contribution is 5.02. The van der Waals surface area contributed by atoms with Crippen molar-refractivity contribution >= 4 is 0 Å². The van der Waals surface area contributed by atoms with Gasteiger partial charge in [-0.25, -0.2) is 0 Å². The number of ether oxygens (including phenoxy) is 2. The van der Waals surface area contributed by atoms with Gasteiger partial charge in [0.2, 0.25) is 0 Å². The molecule has 0 amide bonds. The lowest BCUT2D eigenvalue weighted by Crippen LogP contribution is -2.57. The zero-order valence-electron chi connectivity index (χ0n) is 8.72. The number of hydrogen-bond acceptors (Lipinski definition) is 3. The largest absolute Gasteiger partial charge is 0.372 e. The highest BCUT2D eigenvalue weighted by Gasteiger charge is 2.50. The van der Waals surface area contributed by atoms with E-state index in [1.807, 2.05) is 0 Å². The Morgan fingerprint density at radius 1 is 1.31 bits per heavy atom. The Balaban J connectivity index is 2.12. The van der Waals surface area contributed by atoms with Gasteiger partial charge in [0.05, 0.1) is 18.8 Å². The predicted octanol–water partition coefficient (Wildman–Crippen LogP) is 0.932. The fraction of sp³-hybridized carbons (Fsp3) is 1.00. The van der Waals surface area contributed by atoms with Crippen LogP contribution in [-0.4, -0.2) is 37.0 Å². The molecular formula is C10H19NO2. The summed E-state index contributed by atoms with van der Waals surface area (Å²) in [6, 6.07) is 0.406. The standard InChI is InChI=1S/C10H19NO2/c1-8-10(12-5-4-11-8)6-9(2,3)13-7-10/h8,11H,4-7H2,1-3H3. The lowest BCUT2D eigenvalue weighted by atomic mass is 9.87. The van der Waals surface area contributed by atoms with Crippen LogP contribution in [0.5, 0.6) is 0 Å². The lowest BCUT2D eigenvalue weighted by molar-refractivity contribution is -0.0934. The first-order chi connectivity index (χ1) is 6.04. The van der Waals surface area contributed by atoms with E-state index in [9.17, 15) is 0 Å². The third-order valence-corrected chi connectivity index (χ3v) is 3.16. The maximum Gasteiger partial charge on any atom is 0.109 e. The molecule has 0 aromatic rings. The van der Waals surface area contributed by atoms with Gasteiger partial charge in [0, 0.05) is 19.0 Å². The van der Waals surface area contributed by atoms with E-state index in [1.54, 1.807) is 0 Å². The van der Waals surface area contributed by atoms with Crippen LogP contribution in [0.15, 0.2) is 0 Å². The summed E-state index contributed by atoms with van der Waals surface area (Å²) >= 11 is 0. The van der Waals surface area contributed by atoms with E-state index in [4.69, 9.17) is 9.47 Å². The summed E-state index contributed by atoms with van der Waals surface area (Å²) < 4.78 is 11.6. The second-order valence-electron chi connectivity index (χ2n) is 4.81. The molecule has 13 heavy (non-hydrogen) atoms. The Bertz CT molecular complexity index is 205. The molecule has 0 aromatic heterocycles. The number of nitrogens with one attached hydrogen (secondary N) is 1. The summed E-state index contributed by atoms with van der Waals surface area (Å²) in [6.07, 6.45) is 0.994. The van der Waals surface area contributed by atoms with Crippen LogP contribution in [0, 0.1) is 0 Å². The molecule has 0 bridgehead atoms. The van der Waals surface area contributed by atoms with Gasteiger partial charge in [-0.1, -0.05) is 0 Å². The van der Waals surface area contributed by atoms with Crippen molar-refractivity contribution in [1.82, 2.24) is 5.32 Å². The molecule has 0 radical (unpaired) electrons. The maximum absolute atomic E-state index is 5.89. The second kappa shape index (κ2) is 2.94. The quantitative estimate of drug-likeness (QED) is 0.609. The molecule has 2 saturated heterocycles. The molecule has 2 heterocycles. The first kappa shape index (κ1) is 9.44. The number of rotatable bonds is 0. The smallest absolute Gasteiger partial charge is 0.109 e. The van der Waals surface area contributed by atoms with E-state index in [1.165, 1.54) is 0 Å². The van der Waals surface area contributed by atoms with Gasteiger partial charge in [-0.3, -0.25) is 0 Å². The van der Waals surface area contributed by atoms with Crippen LogP contribution in [0.25, 0.3) is 0 Å². The van der Waals surface area contributed by atoms with Gasteiger partial charge >= 0.3 is 0 Å². The monoisotopic (exact) mass is 185 g/mol. The number of hydrogen-bond donors (Lipinski definition) is 1. The van der Waals surface area contributed by atoms with E-state index in [0.29, 0.717) is 6.04 Å². The minimum atomic E-state index is -0.0677. The highest BCUT2D eigenvalue weighted by atomic mass is 16.6. The molecular weight excluding hydrogens is 166 g/mol. The molecule has 3 heteroatoms. The van der Waals surface area contributed by atoms with Gasteiger partial charge in [-0.05, 0) is 20.8 Å². The van der Waals surface area contributed by atoms with Crippen LogP contribution in [0.2, 0.25) is 0 Å². The summed E-state index contributed by atoms with van der Waals surface area (Å²) in [6.45, 7) is 8.95. The van der Waals surface area contributed by atoms with Gasteiger partial charge in [0.15, 0.2) is 0 Å². The minimum Gasteiger partial charge on any atom is -0.372 e. The van der Waals surface area contributed by atoms with Crippen LogP contribution in [0.4, 0.5) is 0 Å². The number of morpholine rings is 1. The van der Waals surface area contributed by atoms with Crippen molar-refractivity contribution in [2.75, 3.05) is 19.8 Å².